The van der Waals surface area contributed by atoms with Gasteiger partial charge >= 0.3 is 5.82 Å². The molecule has 0 saturated carbocycles. The summed E-state index contributed by atoms with van der Waals surface area (Å²) < 4.78 is 0.324. The van der Waals surface area contributed by atoms with Crippen LogP contribution in [0.1, 0.15) is 16.8 Å². The number of amides is 2. The van der Waals surface area contributed by atoms with Gasteiger partial charge < -0.3 is 21.2 Å². The van der Waals surface area contributed by atoms with Gasteiger partial charge in [-0.05, 0) is 25.8 Å². The van der Waals surface area contributed by atoms with E-state index in [9.17, 15) is 19.7 Å². The number of nitrogens with two attached hydrogens (primary N) is 1. The van der Waals surface area contributed by atoms with E-state index in [1.54, 1.807) is 0 Å². The highest BCUT2D eigenvalue weighted by Crippen LogP contribution is 2.19. The van der Waals surface area contributed by atoms with Crippen LogP contribution in [0, 0.1) is 10.1 Å². The number of nitrogens with zero attached hydrogens (tertiary/aromatic N) is 2. The standard InChI is InChI=1S/C9H9BrN4O4/c10-6-4-13-8(14(17)18)3-5(6)9(16)12-2-1-7(11)15/h3-4H,1-2H2,(H2,11,15)(H,12,16). The van der Waals surface area contributed by atoms with E-state index >= 15 is 0 Å². The number of pyridine rings is 1. The van der Waals surface area contributed by atoms with E-state index in [1.165, 1.54) is 6.20 Å². The predicted octanol–water partition coefficient (Wildman–Crippen LogP) is 0.357. The number of rotatable bonds is 5. The van der Waals surface area contributed by atoms with Gasteiger partial charge in [0.05, 0.1) is 10.0 Å². The lowest BCUT2D eigenvalue weighted by Gasteiger charge is -2.04. The van der Waals surface area contributed by atoms with Crippen molar-refractivity contribution in [3.05, 3.63) is 32.4 Å². The maximum Gasteiger partial charge on any atom is 0.364 e. The number of hydrogen-bond donors (Lipinski definition) is 2. The second-order valence-electron chi connectivity index (χ2n) is 3.25. The molecule has 2 amide bonds. The summed E-state index contributed by atoms with van der Waals surface area (Å²) in [7, 11) is 0. The zero-order chi connectivity index (χ0) is 13.7. The third-order valence-electron chi connectivity index (χ3n) is 1.93. The van der Waals surface area contributed by atoms with Gasteiger partial charge in [0.15, 0.2) is 6.20 Å². The summed E-state index contributed by atoms with van der Waals surface area (Å²) in [6.45, 7) is 0.0662. The first kappa shape index (κ1) is 14.0. The molecule has 0 spiro atoms. The number of nitro groups is 1. The van der Waals surface area contributed by atoms with Gasteiger partial charge in [0.1, 0.15) is 0 Å². The lowest BCUT2D eigenvalue weighted by atomic mass is 10.2. The van der Waals surface area contributed by atoms with Crippen LogP contribution >= 0.6 is 15.9 Å². The molecular weight excluding hydrogens is 308 g/mol. The van der Waals surface area contributed by atoms with Gasteiger partial charge in [0, 0.05) is 19.0 Å². The molecule has 0 saturated heterocycles. The van der Waals surface area contributed by atoms with E-state index in [0.717, 1.165) is 6.07 Å². The fourth-order valence-electron chi connectivity index (χ4n) is 1.10. The van der Waals surface area contributed by atoms with Crippen LogP contribution in [-0.4, -0.2) is 28.3 Å². The van der Waals surface area contributed by atoms with E-state index in [4.69, 9.17) is 5.73 Å². The first-order valence-corrected chi connectivity index (χ1v) is 5.57. The zero-order valence-electron chi connectivity index (χ0n) is 9.05. The van der Waals surface area contributed by atoms with E-state index in [0.29, 0.717) is 4.47 Å². The summed E-state index contributed by atoms with van der Waals surface area (Å²) >= 11 is 3.06. The van der Waals surface area contributed by atoms with Gasteiger partial charge in [-0.25, -0.2) is 0 Å². The molecular formula is C9H9BrN4O4. The van der Waals surface area contributed by atoms with Gasteiger partial charge in [0.2, 0.25) is 5.91 Å². The lowest BCUT2D eigenvalue weighted by molar-refractivity contribution is -0.389. The van der Waals surface area contributed by atoms with Crippen molar-refractivity contribution in [3.63, 3.8) is 0 Å². The SMILES string of the molecule is NC(=O)CCNC(=O)c1cc([N+](=O)[O-])ncc1Br. The number of carbonyl (C=O) groups is 2. The first-order chi connectivity index (χ1) is 8.41. The molecule has 0 unspecified atom stereocenters. The Bertz CT molecular complexity index is 505. The third-order valence-corrected chi connectivity index (χ3v) is 2.56. The molecule has 1 heterocycles. The van der Waals surface area contributed by atoms with Crippen LogP contribution in [0.25, 0.3) is 0 Å². The van der Waals surface area contributed by atoms with Crippen molar-refractivity contribution in [1.82, 2.24) is 10.3 Å². The highest BCUT2D eigenvalue weighted by Gasteiger charge is 2.17. The topological polar surface area (TPSA) is 128 Å². The summed E-state index contributed by atoms with van der Waals surface area (Å²) in [4.78, 5) is 35.5. The van der Waals surface area contributed by atoms with Crippen molar-refractivity contribution >= 4 is 33.6 Å². The Morgan fingerprint density at radius 1 is 1.56 bits per heavy atom. The van der Waals surface area contributed by atoms with Crippen molar-refractivity contribution in [2.75, 3.05) is 6.54 Å². The molecule has 0 aromatic carbocycles. The summed E-state index contributed by atoms with van der Waals surface area (Å²) in [5.41, 5.74) is 4.98. The Kier molecular flexibility index (Phi) is 4.72. The van der Waals surface area contributed by atoms with Crippen LogP contribution in [0.3, 0.4) is 0 Å². The molecule has 18 heavy (non-hydrogen) atoms. The Hall–Kier alpha value is -2.03. The Balaban J connectivity index is 2.81. The van der Waals surface area contributed by atoms with Gasteiger partial charge in [-0.3, -0.25) is 9.59 Å². The highest BCUT2D eigenvalue weighted by atomic mass is 79.9. The van der Waals surface area contributed by atoms with Gasteiger partial charge in [-0.2, -0.15) is 0 Å². The van der Waals surface area contributed by atoms with Crippen LogP contribution in [-0.2, 0) is 4.79 Å². The van der Waals surface area contributed by atoms with Crippen molar-refractivity contribution in [2.24, 2.45) is 5.73 Å². The number of aromatic nitrogens is 1. The van der Waals surface area contributed by atoms with Crippen molar-refractivity contribution in [3.8, 4) is 0 Å². The molecule has 8 nitrogen and oxygen atoms in total. The largest absolute Gasteiger partial charge is 0.370 e. The smallest absolute Gasteiger partial charge is 0.364 e. The van der Waals surface area contributed by atoms with Crippen LogP contribution in [0.2, 0.25) is 0 Å². The average Bonchev–Trinajstić information content (AvgIpc) is 2.28. The Morgan fingerprint density at radius 3 is 2.78 bits per heavy atom. The molecule has 1 aromatic rings. The molecule has 96 valence electrons. The van der Waals surface area contributed by atoms with E-state index in [1.807, 2.05) is 0 Å². The maximum absolute atomic E-state index is 11.7. The first-order valence-electron chi connectivity index (χ1n) is 4.78. The zero-order valence-corrected chi connectivity index (χ0v) is 10.6. The van der Waals surface area contributed by atoms with Crippen LogP contribution < -0.4 is 11.1 Å². The number of halogens is 1. The molecule has 1 aromatic heterocycles. The normalized spacial score (nSPS) is 9.83. The second-order valence-corrected chi connectivity index (χ2v) is 4.11. The number of hydrogen-bond acceptors (Lipinski definition) is 5. The quantitative estimate of drug-likeness (QED) is 0.598. The minimum atomic E-state index is -0.702. The molecule has 0 fully saturated rings. The van der Waals surface area contributed by atoms with Crippen molar-refractivity contribution < 1.29 is 14.5 Å². The summed E-state index contributed by atoms with van der Waals surface area (Å²) in [5, 5.41) is 12.9. The highest BCUT2D eigenvalue weighted by molar-refractivity contribution is 9.10. The van der Waals surface area contributed by atoms with Crippen molar-refractivity contribution in [2.45, 2.75) is 6.42 Å². The minimum absolute atomic E-state index is 0.00344. The monoisotopic (exact) mass is 316 g/mol. The molecule has 3 N–H and O–H groups in total. The Labute approximate surface area is 110 Å². The fraction of sp³-hybridized carbons (Fsp3) is 0.222. The summed E-state index contributed by atoms with van der Waals surface area (Å²) in [6.07, 6.45) is 1.16. The molecule has 1 rings (SSSR count). The van der Waals surface area contributed by atoms with Gasteiger partial charge in [0.25, 0.3) is 5.91 Å². The molecule has 0 atom stereocenters. The van der Waals surface area contributed by atoms with Crippen LogP contribution in [0.4, 0.5) is 5.82 Å². The lowest BCUT2D eigenvalue weighted by Crippen LogP contribution is -2.28. The second kappa shape index (κ2) is 6.05. The van der Waals surface area contributed by atoms with Crippen LogP contribution in [0.5, 0.6) is 0 Å². The molecule has 0 aliphatic carbocycles. The predicted molar refractivity (Wildman–Crippen MR) is 64.7 cm³/mol. The van der Waals surface area contributed by atoms with E-state index < -0.39 is 22.6 Å². The van der Waals surface area contributed by atoms with Gasteiger partial charge in [-0.1, -0.05) is 0 Å². The molecule has 9 heteroatoms. The number of carbonyl (C=O) groups excluding carboxylic acids is 2. The average molecular weight is 317 g/mol. The molecule has 0 radical (unpaired) electrons. The van der Waals surface area contributed by atoms with E-state index in [2.05, 4.69) is 26.2 Å². The Morgan fingerprint density at radius 2 is 2.22 bits per heavy atom. The molecule has 0 aliphatic heterocycles. The van der Waals surface area contributed by atoms with Gasteiger partial charge in [-0.15, -0.1) is 0 Å². The number of primary amides is 1. The fourth-order valence-corrected chi connectivity index (χ4v) is 1.49. The van der Waals surface area contributed by atoms with E-state index in [-0.39, 0.29) is 18.5 Å². The molecule has 0 aliphatic rings. The minimum Gasteiger partial charge on any atom is -0.370 e. The van der Waals surface area contributed by atoms with Crippen LogP contribution in [0.15, 0.2) is 16.7 Å². The van der Waals surface area contributed by atoms with Crippen molar-refractivity contribution in [1.29, 1.82) is 0 Å². The maximum atomic E-state index is 11.7. The third kappa shape index (κ3) is 3.77. The number of nitrogens with one attached hydrogen (secondary N) is 1. The summed E-state index contributed by atoms with van der Waals surface area (Å²) in [6, 6.07) is 1.05. The summed E-state index contributed by atoms with van der Waals surface area (Å²) in [5.74, 6) is -1.53. The molecule has 0 bridgehead atoms.